The maximum Gasteiger partial charge on any atom is 0.333 e. The monoisotopic (exact) mass is 281 g/mol. The van der Waals surface area contributed by atoms with Gasteiger partial charge in [-0.15, -0.1) is 0 Å². The Kier molecular flexibility index (Phi) is 5.76. The number of hydrogen-bond acceptors (Lipinski definition) is 5. The molecule has 1 N–H and O–H groups in total. The first kappa shape index (κ1) is 16.2. The van der Waals surface area contributed by atoms with E-state index in [0.29, 0.717) is 11.6 Å². The zero-order chi connectivity index (χ0) is 15.3. The molecule has 0 radical (unpaired) electrons. The minimum Gasteiger partial charge on any atom is -0.490 e. The van der Waals surface area contributed by atoms with Crippen molar-refractivity contribution in [3.63, 3.8) is 0 Å². The molecule has 0 spiro atoms. The van der Waals surface area contributed by atoms with Crippen molar-refractivity contribution in [3.8, 4) is 5.75 Å². The van der Waals surface area contributed by atoms with Gasteiger partial charge in [-0.25, -0.2) is 0 Å². The third kappa shape index (κ3) is 4.09. The highest BCUT2D eigenvalue weighted by molar-refractivity contribution is 5.68. The van der Waals surface area contributed by atoms with Gasteiger partial charge in [-0.2, -0.15) is 0 Å². The minimum absolute atomic E-state index is 0.0144. The molecule has 1 atom stereocenters. The third-order valence-corrected chi connectivity index (χ3v) is 3.11. The molecule has 0 aliphatic rings. The Labute approximate surface area is 119 Å². The van der Waals surface area contributed by atoms with Gasteiger partial charge in [-0.1, -0.05) is 19.9 Å². The lowest BCUT2D eigenvalue weighted by Gasteiger charge is -2.26. The lowest BCUT2D eigenvalue weighted by molar-refractivity contribution is -0.384. The summed E-state index contributed by atoms with van der Waals surface area (Å²) >= 11 is 0. The Morgan fingerprint density at radius 3 is 2.50 bits per heavy atom. The normalized spacial score (nSPS) is 12.6. The Hall–Kier alpha value is -1.82. The second kappa shape index (κ2) is 7.09. The number of nitrogens with one attached hydrogen (secondary N) is 1. The molecule has 0 bridgehead atoms. The number of methoxy groups -OCH3 is 1. The van der Waals surface area contributed by atoms with E-state index in [-0.39, 0.29) is 17.5 Å². The van der Waals surface area contributed by atoms with Crippen molar-refractivity contribution in [3.05, 3.63) is 28.3 Å². The predicted octanol–water partition coefficient (Wildman–Crippen LogP) is 2.60. The standard InChI is InChI=1S/C14H23N3O3/c1-10(2)12(9-16(3)4)15-11-7-6-8-13(20-5)14(11)17(18)19/h6-8,10,12,15H,9H2,1-5H3. The smallest absolute Gasteiger partial charge is 0.333 e. The first-order valence-corrected chi connectivity index (χ1v) is 6.59. The highest BCUT2D eigenvalue weighted by Gasteiger charge is 2.23. The van der Waals surface area contributed by atoms with Crippen molar-refractivity contribution < 1.29 is 9.66 Å². The van der Waals surface area contributed by atoms with Crippen LogP contribution in [-0.2, 0) is 0 Å². The molecule has 0 aliphatic heterocycles. The Morgan fingerprint density at radius 1 is 1.40 bits per heavy atom. The number of benzene rings is 1. The largest absolute Gasteiger partial charge is 0.490 e. The summed E-state index contributed by atoms with van der Waals surface area (Å²) in [6.45, 7) is 4.98. The first-order valence-electron chi connectivity index (χ1n) is 6.59. The number of rotatable bonds is 7. The summed E-state index contributed by atoms with van der Waals surface area (Å²) in [5, 5.41) is 14.5. The van der Waals surface area contributed by atoms with E-state index in [1.54, 1.807) is 18.2 Å². The van der Waals surface area contributed by atoms with Crippen LogP contribution in [-0.4, -0.2) is 43.6 Å². The molecule has 1 rings (SSSR count). The van der Waals surface area contributed by atoms with Gasteiger partial charge in [0, 0.05) is 12.6 Å². The fourth-order valence-corrected chi connectivity index (χ4v) is 2.01. The van der Waals surface area contributed by atoms with E-state index >= 15 is 0 Å². The first-order chi connectivity index (χ1) is 9.36. The van der Waals surface area contributed by atoms with E-state index in [1.807, 2.05) is 14.1 Å². The average molecular weight is 281 g/mol. The molecular formula is C14H23N3O3. The molecule has 1 unspecified atom stereocenters. The summed E-state index contributed by atoms with van der Waals surface area (Å²) in [4.78, 5) is 12.9. The molecule has 0 heterocycles. The topological polar surface area (TPSA) is 67.6 Å². The van der Waals surface area contributed by atoms with Gasteiger partial charge in [0.25, 0.3) is 0 Å². The summed E-state index contributed by atoms with van der Waals surface area (Å²) in [6.07, 6.45) is 0. The van der Waals surface area contributed by atoms with Crippen LogP contribution in [0.3, 0.4) is 0 Å². The number of anilines is 1. The quantitative estimate of drug-likeness (QED) is 0.614. The van der Waals surface area contributed by atoms with Crippen molar-refractivity contribution in [1.82, 2.24) is 4.90 Å². The number of ether oxygens (including phenoxy) is 1. The van der Waals surface area contributed by atoms with E-state index in [4.69, 9.17) is 4.74 Å². The summed E-state index contributed by atoms with van der Waals surface area (Å²) in [6, 6.07) is 5.18. The minimum atomic E-state index is -0.409. The second-order valence-corrected chi connectivity index (χ2v) is 5.37. The van der Waals surface area contributed by atoms with Gasteiger partial charge in [-0.3, -0.25) is 10.1 Å². The van der Waals surface area contributed by atoms with E-state index < -0.39 is 4.92 Å². The fraction of sp³-hybridized carbons (Fsp3) is 0.571. The molecule has 6 nitrogen and oxygen atoms in total. The van der Waals surface area contributed by atoms with Crippen LogP contribution in [0.15, 0.2) is 18.2 Å². The van der Waals surface area contributed by atoms with Gasteiger partial charge >= 0.3 is 5.69 Å². The van der Waals surface area contributed by atoms with Crippen molar-refractivity contribution >= 4 is 11.4 Å². The van der Waals surface area contributed by atoms with Crippen molar-refractivity contribution in [2.24, 2.45) is 5.92 Å². The van der Waals surface area contributed by atoms with Gasteiger partial charge in [0.05, 0.1) is 12.0 Å². The second-order valence-electron chi connectivity index (χ2n) is 5.37. The molecule has 20 heavy (non-hydrogen) atoms. The van der Waals surface area contributed by atoms with Gasteiger partial charge in [0.2, 0.25) is 0 Å². The molecule has 1 aromatic rings. The summed E-state index contributed by atoms with van der Waals surface area (Å²) in [7, 11) is 5.40. The number of likely N-dealkylation sites (N-methyl/N-ethyl adjacent to an activating group) is 1. The van der Waals surface area contributed by atoms with Crippen molar-refractivity contribution in [2.75, 3.05) is 33.1 Å². The summed E-state index contributed by atoms with van der Waals surface area (Å²) in [5.41, 5.74) is 0.481. The Bertz CT molecular complexity index is 461. The predicted molar refractivity (Wildman–Crippen MR) is 80.5 cm³/mol. The van der Waals surface area contributed by atoms with Crippen LogP contribution in [0.4, 0.5) is 11.4 Å². The number of hydrogen-bond donors (Lipinski definition) is 1. The lowest BCUT2D eigenvalue weighted by atomic mass is 10.0. The molecule has 1 aromatic carbocycles. The van der Waals surface area contributed by atoms with Crippen molar-refractivity contribution in [2.45, 2.75) is 19.9 Å². The Morgan fingerprint density at radius 2 is 2.05 bits per heavy atom. The third-order valence-electron chi connectivity index (χ3n) is 3.11. The summed E-state index contributed by atoms with van der Waals surface area (Å²) in [5.74, 6) is 0.621. The number of para-hydroxylation sites is 1. The van der Waals surface area contributed by atoms with Crippen LogP contribution in [0.25, 0.3) is 0 Å². The van der Waals surface area contributed by atoms with E-state index in [1.165, 1.54) is 7.11 Å². The number of nitro benzene ring substituents is 1. The van der Waals surface area contributed by atoms with E-state index in [2.05, 4.69) is 24.1 Å². The van der Waals surface area contributed by atoms with Gasteiger partial charge in [0.1, 0.15) is 5.69 Å². The van der Waals surface area contributed by atoms with E-state index in [0.717, 1.165) is 6.54 Å². The Balaban J connectivity index is 3.09. The summed E-state index contributed by atoms with van der Waals surface area (Å²) < 4.78 is 5.08. The molecule has 0 aliphatic carbocycles. The molecule has 0 amide bonds. The lowest BCUT2D eigenvalue weighted by Crippen LogP contribution is -2.36. The van der Waals surface area contributed by atoms with Gasteiger partial charge < -0.3 is 15.0 Å². The SMILES string of the molecule is COc1cccc(NC(CN(C)C)C(C)C)c1[N+](=O)[O-]. The van der Waals surface area contributed by atoms with Crippen LogP contribution in [0.2, 0.25) is 0 Å². The average Bonchev–Trinajstić information content (AvgIpc) is 2.36. The maximum atomic E-state index is 11.3. The van der Waals surface area contributed by atoms with Gasteiger partial charge in [-0.05, 0) is 32.1 Å². The molecule has 0 aromatic heterocycles. The highest BCUT2D eigenvalue weighted by Crippen LogP contribution is 2.35. The zero-order valence-corrected chi connectivity index (χ0v) is 12.7. The molecular weight excluding hydrogens is 258 g/mol. The molecule has 0 saturated heterocycles. The van der Waals surface area contributed by atoms with Crippen molar-refractivity contribution in [1.29, 1.82) is 0 Å². The van der Waals surface area contributed by atoms with E-state index in [9.17, 15) is 10.1 Å². The highest BCUT2D eigenvalue weighted by atomic mass is 16.6. The van der Waals surface area contributed by atoms with Crippen LogP contribution in [0.1, 0.15) is 13.8 Å². The molecule has 6 heteroatoms. The van der Waals surface area contributed by atoms with Crippen LogP contribution >= 0.6 is 0 Å². The maximum absolute atomic E-state index is 11.3. The molecule has 0 fully saturated rings. The molecule has 112 valence electrons. The zero-order valence-electron chi connectivity index (χ0n) is 12.7. The fourth-order valence-electron chi connectivity index (χ4n) is 2.01. The van der Waals surface area contributed by atoms with Crippen LogP contribution in [0.5, 0.6) is 5.75 Å². The van der Waals surface area contributed by atoms with Crippen LogP contribution in [0, 0.1) is 16.0 Å². The van der Waals surface area contributed by atoms with Gasteiger partial charge in [0.15, 0.2) is 5.75 Å². The van der Waals surface area contributed by atoms with Crippen LogP contribution < -0.4 is 10.1 Å². The molecule has 0 saturated carbocycles. The number of nitrogens with zero attached hydrogens (tertiary/aromatic N) is 2. The number of nitro groups is 1.